The summed E-state index contributed by atoms with van der Waals surface area (Å²) in [4.78, 5) is 20.6. The number of ether oxygens (including phenoxy) is 1. The molecule has 0 saturated carbocycles. The third-order valence-electron chi connectivity index (χ3n) is 2.84. The summed E-state index contributed by atoms with van der Waals surface area (Å²) in [5.74, 6) is -1.33. The molecule has 0 saturated heterocycles. The number of aliphatic hydroxyl groups is 1. The minimum atomic E-state index is -0.872. The Morgan fingerprint density at radius 1 is 1.19 bits per heavy atom. The van der Waals surface area contributed by atoms with Gasteiger partial charge in [0.15, 0.2) is 0 Å². The molecule has 5 nitrogen and oxygen atoms in total. The lowest BCUT2D eigenvalue weighted by Crippen LogP contribution is -2.08. The van der Waals surface area contributed by atoms with Gasteiger partial charge in [-0.15, -0.1) is 0 Å². The molecule has 0 aliphatic rings. The monoisotopic (exact) mass is 362 g/mol. The zero-order valence-electron chi connectivity index (χ0n) is 15.7. The first kappa shape index (κ1) is 25.6. The van der Waals surface area contributed by atoms with Crippen LogP contribution in [0.25, 0.3) is 6.08 Å². The molecule has 1 rings (SSSR count). The molecule has 0 aliphatic carbocycles. The molecule has 0 unspecified atom stereocenters. The summed E-state index contributed by atoms with van der Waals surface area (Å²) in [6, 6.07) is 10.0. The van der Waals surface area contributed by atoms with Crippen LogP contribution in [0.2, 0.25) is 0 Å². The summed E-state index contributed by atoms with van der Waals surface area (Å²) in [7, 11) is 0. The largest absolute Gasteiger partial charge is 0.478 e. The molecular formula is C21H30O5. The Hall–Kier alpha value is -2.66. The van der Waals surface area contributed by atoms with Crippen molar-refractivity contribution in [2.75, 3.05) is 13.2 Å². The van der Waals surface area contributed by atoms with Crippen molar-refractivity contribution in [1.82, 2.24) is 0 Å². The third kappa shape index (κ3) is 16.2. The lowest BCUT2D eigenvalue weighted by atomic mass is 10.1. The van der Waals surface area contributed by atoms with Gasteiger partial charge in [-0.1, -0.05) is 69.5 Å². The number of esters is 1. The fourth-order valence-electron chi connectivity index (χ4n) is 1.35. The van der Waals surface area contributed by atoms with Crippen LogP contribution < -0.4 is 0 Å². The summed E-state index contributed by atoms with van der Waals surface area (Å²) < 4.78 is 4.46. The zero-order valence-corrected chi connectivity index (χ0v) is 15.7. The molecule has 5 heteroatoms. The summed E-state index contributed by atoms with van der Waals surface area (Å²) in [5, 5.41) is 16.5. The SMILES string of the molecule is C=C(C)C(=O)OCCO.C=C(CCCC)C(=O)O.C=Cc1ccccc1. The van der Waals surface area contributed by atoms with Gasteiger partial charge in [0.25, 0.3) is 0 Å². The second kappa shape index (κ2) is 17.2. The van der Waals surface area contributed by atoms with E-state index in [4.69, 9.17) is 10.2 Å². The fourth-order valence-corrected chi connectivity index (χ4v) is 1.35. The number of carboxylic acid groups (broad SMARTS) is 1. The lowest BCUT2D eigenvalue weighted by Gasteiger charge is -1.99. The third-order valence-corrected chi connectivity index (χ3v) is 2.84. The van der Waals surface area contributed by atoms with E-state index >= 15 is 0 Å². The minimum absolute atomic E-state index is 0.0473. The molecule has 0 atom stereocenters. The van der Waals surface area contributed by atoms with E-state index in [1.165, 1.54) is 5.56 Å². The summed E-state index contributed by atoms with van der Waals surface area (Å²) in [6.45, 7) is 13.9. The Kier molecular flexibility index (Phi) is 16.9. The van der Waals surface area contributed by atoms with Gasteiger partial charge < -0.3 is 14.9 Å². The summed E-state index contributed by atoms with van der Waals surface area (Å²) in [5.41, 5.74) is 1.84. The van der Waals surface area contributed by atoms with Gasteiger partial charge in [-0.3, -0.25) is 0 Å². The van der Waals surface area contributed by atoms with E-state index in [1.807, 2.05) is 43.3 Å². The first-order valence-corrected chi connectivity index (χ1v) is 8.32. The van der Waals surface area contributed by atoms with E-state index in [0.717, 1.165) is 12.8 Å². The Bertz CT molecular complexity index is 531. The average molecular weight is 362 g/mol. The molecule has 1 aromatic rings. The number of aliphatic hydroxyl groups excluding tert-OH is 1. The molecular weight excluding hydrogens is 332 g/mol. The van der Waals surface area contributed by atoms with Gasteiger partial charge in [0.2, 0.25) is 0 Å². The number of hydrogen-bond donors (Lipinski definition) is 2. The summed E-state index contributed by atoms with van der Waals surface area (Å²) >= 11 is 0. The maximum atomic E-state index is 10.5. The number of benzene rings is 1. The van der Waals surface area contributed by atoms with Crippen LogP contribution in [0.1, 0.15) is 38.7 Å². The van der Waals surface area contributed by atoms with Crippen LogP contribution in [-0.4, -0.2) is 35.4 Å². The molecule has 0 aromatic heterocycles. The van der Waals surface area contributed by atoms with Crippen molar-refractivity contribution in [2.45, 2.75) is 33.1 Å². The quantitative estimate of drug-likeness (QED) is 0.534. The Morgan fingerprint density at radius 3 is 2.12 bits per heavy atom. The number of hydrogen-bond acceptors (Lipinski definition) is 4. The lowest BCUT2D eigenvalue weighted by molar-refractivity contribution is -0.140. The molecule has 0 heterocycles. The topological polar surface area (TPSA) is 83.8 Å². The normalized spacial score (nSPS) is 8.73. The van der Waals surface area contributed by atoms with Crippen LogP contribution in [0.5, 0.6) is 0 Å². The number of unbranched alkanes of at least 4 members (excludes halogenated alkanes) is 1. The molecule has 2 N–H and O–H groups in total. The van der Waals surface area contributed by atoms with E-state index in [1.54, 1.807) is 6.92 Å². The molecule has 0 spiro atoms. The van der Waals surface area contributed by atoms with Crippen LogP contribution in [0, 0.1) is 0 Å². The number of aliphatic carboxylic acids is 1. The van der Waals surface area contributed by atoms with Crippen molar-refractivity contribution in [3.8, 4) is 0 Å². The van der Waals surface area contributed by atoms with Gasteiger partial charge in [-0.25, -0.2) is 9.59 Å². The highest BCUT2D eigenvalue weighted by atomic mass is 16.5. The van der Waals surface area contributed by atoms with Gasteiger partial charge in [-0.05, 0) is 25.3 Å². The van der Waals surface area contributed by atoms with Crippen molar-refractivity contribution < 1.29 is 24.5 Å². The molecule has 0 amide bonds. The predicted octanol–water partition coefficient (Wildman–Crippen LogP) is 4.25. The molecule has 144 valence electrons. The van der Waals surface area contributed by atoms with E-state index in [9.17, 15) is 9.59 Å². The van der Waals surface area contributed by atoms with Gasteiger partial charge in [0.05, 0.1) is 6.61 Å². The molecule has 0 bridgehead atoms. The van der Waals surface area contributed by atoms with Crippen molar-refractivity contribution in [1.29, 1.82) is 0 Å². The standard InChI is InChI=1S/C8H8.C7H12O2.C6H10O3/c1-2-8-6-4-3-5-7-8;1-3-4-5-6(2)7(8)9;1-5(2)6(8)9-4-3-7/h2-7H,1H2;2-5H2,1H3,(H,8,9);7H,1,3-4H2,2H3. The Labute approximate surface area is 156 Å². The van der Waals surface area contributed by atoms with Crippen LogP contribution in [0.15, 0.2) is 61.2 Å². The molecule has 26 heavy (non-hydrogen) atoms. The number of carboxylic acids is 1. The van der Waals surface area contributed by atoms with Crippen LogP contribution in [0.4, 0.5) is 0 Å². The van der Waals surface area contributed by atoms with Crippen LogP contribution in [0.3, 0.4) is 0 Å². The smallest absolute Gasteiger partial charge is 0.333 e. The molecule has 0 radical (unpaired) electrons. The van der Waals surface area contributed by atoms with Crippen molar-refractivity contribution in [2.24, 2.45) is 0 Å². The molecule has 1 aromatic carbocycles. The molecule has 0 aliphatic heterocycles. The maximum absolute atomic E-state index is 10.5. The second-order valence-electron chi connectivity index (χ2n) is 5.27. The number of carbonyl (C=O) groups is 2. The fraction of sp³-hybridized carbons (Fsp3) is 0.333. The highest BCUT2D eigenvalue weighted by molar-refractivity contribution is 5.86. The summed E-state index contributed by atoms with van der Waals surface area (Å²) in [6.07, 6.45) is 4.39. The predicted molar refractivity (Wildman–Crippen MR) is 106 cm³/mol. The van der Waals surface area contributed by atoms with E-state index in [0.29, 0.717) is 17.6 Å². The van der Waals surface area contributed by atoms with Crippen molar-refractivity contribution in [3.05, 3.63) is 66.8 Å². The zero-order chi connectivity index (χ0) is 20.4. The van der Waals surface area contributed by atoms with E-state index in [2.05, 4.69) is 24.5 Å². The van der Waals surface area contributed by atoms with Gasteiger partial charge in [0.1, 0.15) is 6.61 Å². The van der Waals surface area contributed by atoms with E-state index < -0.39 is 11.9 Å². The Morgan fingerprint density at radius 2 is 1.77 bits per heavy atom. The van der Waals surface area contributed by atoms with Crippen LogP contribution >= 0.6 is 0 Å². The van der Waals surface area contributed by atoms with Gasteiger partial charge in [-0.2, -0.15) is 0 Å². The highest BCUT2D eigenvalue weighted by Crippen LogP contribution is 2.03. The first-order chi connectivity index (χ1) is 12.3. The van der Waals surface area contributed by atoms with Crippen molar-refractivity contribution in [3.63, 3.8) is 0 Å². The first-order valence-electron chi connectivity index (χ1n) is 8.32. The van der Waals surface area contributed by atoms with Crippen LogP contribution in [-0.2, 0) is 14.3 Å². The molecule has 0 fully saturated rings. The number of rotatable bonds is 8. The maximum Gasteiger partial charge on any atom is 0.333 e. The van der Waals surface area contributed by atoms with E-state index in [-0.39, 0.29) is 13.2 Å². The van der Waals surface area contributed by atoms with Crippen molar-refractivity contribution >= 4 is 18.0 Å². The average Bonchev–Trinajstić information content (AvgIpc) is 2.65. The van der Waals surface area contributed by atoms with Gasteiger partial charge >= 0.3 is 11.9 Å². The van der Waals surface area contributed by atoms with Gasteiger partial charge in [0, 0.05) is 11.1 Å². The second-order valence-corrected chi connectivity index (χ2v) is 5.27. The minimum Gasteiger partial charge on any atom is -0.478 e. The highest BCUT2D eigenvalue weighted by Gasteiger charge is 2.01. The number of carbonyl (C=O) groups excluding carboxylic acids is 1. The Balaban J connectivity index is 0.